The first kappa shape index (κ1) is 12.1. The highest BCUT2D eigenvalue weighted by molar-refractivity contribution is 5.63. The summed E-state index contributed by atoms with van der Waals surface area (Å²) in [4.78, 5) is 0. The molecule has 0 radical (unpaired) electrons. The molecule has 4 heteroatoms. The Morgan fingerprint density at radius 1 is 1.00 bits per heavy atom. The van der Waals surface area contributed by atoms with Crippen LogP contribution in [0.4, 0.5) is 18.9 Å². The molecular formula is C15H12F3N. The molecule has 0 bridgehead atoms. The number of fused-ring (bicyclic) bond motifs is 1. The summed E-state index contributed by atoms with van der Waals surface area (Å²) in [6, 6.07) is 8.83. The van der Waals surface area contributed by atoms with Gasteiger partial charge in [0.2, 0.25) is 0 Å². The number of rotatable bonds is 2. The van der Waals surface area contributed by atoms with E-state index in [-0.39, 0.29) is 5.56 Å². The molecular weight excluding hydrogens is 251 g/mol. The Balaban J connectivity index is 2.08. The minimum Gasteiger partial charge on any atom is -0.384 e. The van der Waals surface area contributed by atoms with Crippen LogP contribution in [0.1, 0.15) is 22.9 Å². The molecule has 0 spiro atoms. The van der Waals surface area contributed by atoms with Gasteiger partial charge < -0.3 is 5.32 Å². The average molecular weight is 263 g/mol. The molecule has 1 N–H and O–H groups in total. The summed E-state index contributed by atoms with van der Waals surface area (Å²) in [5.41, 5.74) is 1.82. The van der Waals surface area contributed by atoms with E-state index in [4.69, 9.17) is 0 Å². The summed E-state index contributed by atoms with van der Waals surface area (Å²) >= 11 is 0. The molecule has 2 aromatic carbocycles. The number of hydrogen-bond acceptors (Lipinski definition) is 1. The van der Waals surface area contributed by atoms with Crippen molar-refractivity contribution in [3.8, 4) is 0 Å². The second-order valence-corrected chi connectivity index (χ2v) is 4.56. The van der Waals surface area contributed by atoms with Gasteiger partial charge >= 0.3 is 0 Å². The van der Waals surface area contributed by atoms with Gasteiger partial charge in [0.05, 0.1) is 0 Å². The van der Waals surface area contributed by atoms with Crippen molar-refractivity contribution in [2.24, 2.45) is 0 Å². The number of hydrogen-bond donors (Lipinski definition) is 1. The standard InChI is InChI=1S/C15H12F3N/c16-12-6-2-4-10(14(12)18)13(17)11-5-1-3-9-7-8-19-15(9)11/h1-6,13,19H,7-8H2. The van der Waals surface area contributed by atoms with Crippen LogP contribution in [0.15, 0.2) is 36.4 Å². The van der Waals surface area contributed by atoms with Crippen molar-refractivity contribution in [3.05, 3.63) is 64.7 Å². The maximum absolute atomic E-state index is 14.5. The molecule has 1 atom stereocenters. The quantitative estimate of drug-likeness (QED) is 0.863. The van der Waals surface area contributed by atoms with Crippen LogP contribution in [0.5, 0.6) is 0 Å². The van der Waals surface area contributed by atoms with Gasteiger partial charge in [0.1, 0.15) is 0 Å². The van der Waals surface area contributed by atoms with Crippen molar-refractivity contribution in [1.29, 1.82) is 0 Å². The highest BCUT2D eigenvalue weighted by Crippen LogP contribution is 2.37. The zero-order valence-electron chi connectivity index (χ0n) is 10.1. The molecule has 0 saturated carbocycles. The number of halogens is 3. The van der Waals surface area contributed by atoms with Gasteiger partial charge in [-0.25, -0.2) is 13.2 Å². The molecule has 0 amide bonds. The number of alkyl halides is 1. The highest BCUT2D eigenvalue weighted by Gasteiger charge is 2.24. The van der Waals surface area contributed by atoms with Gasteiger partial charge in [0, 0.05) is 23.4 Å². The fourth-order valence-corrected chi connectivity index (χ4v) is 2.46. The summed E-state index contributed by atoms with van der Waals surface area (Å²) in [7, 11) is 0. The van der Waals surface area contributed by atoms with E-state index in [0.29, 0.717) is 11.3 Å². The summed E-state index contributed by atoms with van der Waals surface area (Å²) in [5, 5.41) is 3.10. The van der Waals surface area contributed by atoms with Crippen LogP contribution in [0.2, 0.25) is 0 Å². The van der Waals surface area contributed by atoms with Gasteiger partial charge in [-0.3, -0.25) is 0 Å². The van der Waals surface area contributed by atoms with Crippen LogP contribution in [-0.4, -0.2) is 6.54 Å². The smallest absolute Gasteiger partial charge is 0.165 e. The predicted molar refractivity (Wildman–Crippen MR) is 67.9 cm³/mol. The molecule has 0 aliphatic carbocycles. The molecule has 1 nitrogen and oxygen atoms in total. The summed E-state index contributed by atoms with van der Waals surface area (Å²) < 4.78 is 41.3. The Labute approximate surface area is 109 Å². The third-order valence-electron chi connectivity index (χ3n) is 3.41. The van der Waals surface area contributed by atoms with E-state index in [9.17, 15) is 13.2 Å². The second-order valence-electron chi connectivity index (χ2n) is 4.56. The fraction of sp³-hybridized carbons (Fsp3) is 0.200. The molecule has 2 aromatic rings. The van der Waals surface area contributed by atoms with Crippen molar-refractivity contribution < 1.29 is 13.2 Å². The van der Waals surface area contributed by atoms with Gasteiger partial charge in [0.25, 0.3) is 0 Å². The Kier molecular flexibility index (Phi) is 2.93. The van der Waals surface area contributed by atoms with E-state index in [1.807, 2.05) is 6.07 Å². The fourth-order valence-electron chi connectivity index (χ4n) is 2.46. The van der Waals surface area contributed by atoms with Crippen molar-refractivity contribution >= 4 is 5.69 Å². The molecule has 1 aliphatic heterocycles. The third kappa shape index (κ3) is 1.97. The maximum Gasteiger partial charge on any atom is 0.165 e. The molecule has 1 aliphatic rings. The number of para-hydroxylation sites is 1. The van der Waals surface area contributed by atoms with Crippen molar-refractivity contribution in [2.75, 3.05) is 11.9 Å². The Morgan fingerprint density at radius 3 is 2.58 bits per heavy atom. The lowest BCUT2D eigenvalue weighted by molar-refractivity contribution is 0.379. The van der Waals surface area contributed by atoms with Gasteiger partial charge in [0.15, 0.2) is 17.8 Å². The largest absolute Gasteiger partial charge is 0.384 e. The maximum atomic E-state index is 14.5. The first-order chi connectivity index (χ1) is 9.18. The minimum absolute atomic E-state index is 0.262. The van der Waals surface area contributed by atoms with Crippen molar-refractivity contribution in [3.63, 3.8) is 0 Å². The van der Waals surface area contributed by atoms with E-state index in [2.05, 4.69) is 5.32 Å². The van der Waals surface area contributed by atoms with E-state index < -0.39 is 17.8 Å². The summed E-state index contributed by atoms with van der Waals surface area (Å²) in [5.74, 6) is -2.15. The zero-order valence-corrected chi connectivity index (χ0v) is 10.1. The lowest BCUT2D eigenvalue weighted by atomic mass is 9.98. The average Bonchev–Trinajstić information content (AvgIpc) is 2.89. The summed E-state index contributed by atoms with van der Waals surface area (Å²) in [6.07, 6.45) is -0.849. The first-order valence-electron chi connectivity index (χ1n) is 6.12. The Morgan fingerprint density at radius 2 is 1.74 bits per heavy atom. The summed E-state index contributed by atoms with van der Waals surface area (Å²) in [6.45, 7) is 0.741. The topological polar surface area (TPSA) is 12.0 Å². The Bertz CT molecular complexity index is 625. The van der Waals surface area contributed by atoms with Crippen molar-refractivity contribution in [2.45, 2.75) is 12.6 Å². The van der Waals surface area contributed by atoms with Crippen LogP contribution >= 0.6 is 0 Å². The third-order valence-corrected chi connectivity index (χ3v) is 3.41. The van der Waals surface area contributed by atoms with Crippen LogP contribution in [0.3, 0.4) is 0 Å². The van der Waals surface area contributed by atoms with E-state index in [1.54, 1.807) is 12.1 Å². The lowest BCUT2D eigenvalue weighted by Crippen LogP contribution is -2.03. The molecule has 1 unspecified atom stereocenters. The lowest BCUT2D eigenvalue weighted by Gasteiger charge is -2.14. The van der Waals surface area contributed by atoms with Gasteiger partial charge in [-0.05, 0) is 18.1 Å². The monoisotopic (exact) mass is 263 g/mol. The van der Waals surface area contributed by atoms with Crippen molar-refractivity contribution in [1.82, 2.24) is 0 Å². The van der Waals surface area contributed by atoms with Crippen LogP contribution < -0.4 is 5.32 Å². The SMILES string of the molecule is Fc1cccc(C(F)c2cccc3c2NCC3)c1F. The first-order valence-corrected chi connectivity index (χ1v) is 6.12. The molecule has 98 valence electrons. The Hall–Kier alpha value is -1.97. The van der Waals surface area contributed by atoms with Gasteiger partial charge in [-0.1, -0.05) is 30.3 Å². The minimum atomic E-state index is -1.67. The molecule has 0 fully saturated rings. The highest BCUT2D eigenvalue weighted by atomic mass is 19.2. The molecule has 1 heterocycles. The molecule has 3 rings (SSSR count). The number of anilines is 1. The van der Waals surface area contributed by atoms with E-state index >= 15 is 0 Å². The van der Waals surface area contributed by atoms with E-state index in [1.165, 1.54) is 12.1 Å². The molecule has 0 aromatic heterocycles. The molecule has 19 heavy (non-hydrogen) atoms. The zero-order chi connectivity index (χ0) is 13.4. The van der Waals surface area contributed by atoms with Crippen LogP contribution in [0, 0.1) is 11.6 Å². The molecule has 0 saturated heterocycles. The van der Waals surface area contributed by atoms with E-state index in [0.717, 1.165) is 24.6 Å². The second kappa shape index (κ2) is 4.61. The number of benzene rings is 2. The predicted octanol–water partition coefficient (Wildman–Crippen LogP) is 3.99. The van der Waals surface area contributed by atoms with Crippen LogP contribution in [-0.2, 0) is 6.42 Å². The van der Waals surface area contributed by atoms with Gasteiger partial charge in [-0.15, -0.1) is 0 Å². The normalized spacial score (nSPS) is 14.9. The van der Waals surface area contributed by atoms with Gasteiger partial charge in [-0.2, -0.15) is 0 Å². The number of nitrogens with one attached hydrogen (secondary N) is 1. The van der Waals surface area contributed by atoms with Crippen LogP contribution in [0.25, 0.3) is 0 Å².